The van der Waals surface area contributed by atoms with Crippen molar-refractivity contribution < 1.29 is 18.8 Å². The van der Waals surface area contributed by atoms with Crippen LogP contribution in [0, 0.1) is 10.1 Å². The standard InChI is InChI=1S/C11H11F2NO3/c1-7(11(12)13)6-10(15)8-2-4-9(5-3-8)14(16)17/h2-6,10-11,15H,1H3/b7-6+. The normalized spacial score (nSPS) is 13.8. The molecule has 4 nitrogen and oxygen atoms in total. The molecule has 1 unspecified atom stereocenters. The van der Waals surface area contributed by atoms with E-state index in [0.29, 0.717) is 5.56 Å². The van der Waals surface area contributed by atoms with Crippen molar-refractivity contribution in [2.45, 2.75) is 19.5 Å². The zero-order valence-electron chi connectivity index (χ0n) is 9.01. The minimum absolute atomic E-state index is 0.115. The first-order valence-electron chi connectivity index (χ1n) is 4.80. The van der Waals surface area contributed by atoms with Gasteiger partial charge in [0.25, 0.3) is 12.1 Å². The largest absolute Gasteiger partial charge is 0.384 e. The van der Waals surface area contributed by atoms with Crippen LogP contribution >= 0.6 is 0 Å². The number of hydrogen-bond donors (Lipinski definition) is 1. The molecule has 1 atom stereocenters. The summed E-state index contributed by atoms with van der Waals surface area (Å²) in [6, 6.07) is 5.09. The Labute approximate surface area is 96.3 Å². The molecule has 0 fully saturated rings. The summed E-state index contributed by atoms with van der Waals surface area (Å²) >= 11 is 0. The van der Waals surface area contributed by atoms with Crippen molar-refractivity contribution in [1.29, 1.82) is 0 Å². The van der Waals surface area contributed by atoms with Gasteiger partial charge in [0.15, 0.2) is 0 Å². The summed E-state index contributed by atoms with van der Waals surface area (Å²) in [5.74, 6) is 0. The van der Waals surface area contributed by atoms with Crippen LogP contribution in [0.25, 0.3) is 0 Å². The van der Waals surface area contributed by atoms with E-state index >= 15 is 0 Å². The molecule has 0 aliphatic rings. The molecular formula is C11H11F2NO3. The average molecular weight is 243 g/mol. The molecule has 0 saturated heterocycles. The number of rotatable bonds is 4. The molecule has 1 aromatic rings. The fraction of sp³-hybridized carbons (Fsp3) is 0.273. The third-order valence-electron chi connectivity index (χ3n) is 2.21. The van der Waals surface area contributed by atoms with Crippen molar-refractivity contribution in [1.82, 2.24) is 0 Å². The Bertz CT molecular complexity index is 429. The highest BCUT2D eigenvalue weighted by molar-refractivity contribution is 5.35. The van der Waals surface area contributed by atoms with Crippen LogP contribution < -0.4 is 0 Å². The molecule has 17 heavy (non-hydrogen) atoms. The maximum absolute atomic E-state index is 12.2. The molecule has 0 radical (unpaired) electrons. The first kappa shape index (κ1) is 13.2. The van der Waals surface area contributed by atoms with Crippen molar-refractivity contribution in [3.05, 3.63) is 51.6 Å². The monoisotopic (exact) mass is 243 g/mol. The van der Waals surface area contributed by atoms with Crippen molar-refractivity contribution in [3.8, 4) is 0 Å². The molecule has 0 aliphatic carbocycles. The predicted octanol–water partition coefficient (Wildman–Crippen LogP) is 2.84. The zero-order valence-corrected chi connectivity index (χ0v) is 9.01. The molecule has 6 heteroatoms. The number of benzene rings is 1. The minimum Gasteiger partial charge on any atom is -0.384 e. The Morgan fingerprint density at radius 1 is 1.41 bits per heavy atom. The molecule has 0 heterocycles. The van der Waals surface area contributed by atoms with E-state index in [1.165, 1.54) is 31.2 Å². The number of nitrogens with zero attached hydrogens (tertiary/aromatic N) is 1. The third-order valence-corrected chi connectivity index (χ3v) is 2.21. The van der Waals surface area contributed by atoms with Crippen LogP contribution in [-0.2, 0) is 0 Å². The van der Waals surface area contributed by atoms with Crippen molar-refractivity contribution in [2.75, 3.05) is 0 Å². The van der Waals surface area contributed by atoms with Gasteiger partial charge in [-0.15, -0.1) is 0 Å². The van der Waals surface area contributed by atoms with Crippen LogP contribution in [0.5, 0.6) is 0 Å². The van der Waals surface area contributed by atoms with Crippen molar-refractivity contribution in [2.24, 2.45) is 0 Å². The Morgan fingerprint density at radius 2 is 1.94 bits per heavy atom. The number of allylic oxidation sites excluding steroid dienone is 1. The molecule has 0 bridgehead atoms. The van der Waals surface area contributed by atoms with E-state index in [0.717, 1.165) is 6.08 Å². The van der Waals surface area contributed by atoms with Crippen LogP contribution in [0.2, 0.25) is 0 Å². The highest BCUT2D eigenvalue weighted by Gasteiger charge is 2.11. The lowest BCUT2D eigenvalue weighted by molar-refractivity contribution is -0.384. The van der Waals surface area contributed by atoms with Gasteiger partial charge in [0.05, 0.1) is 11.0 Å². The van der Waals surface area contributed by atoms with Crippen LogP contribution in [0.4, 0.5) is 14.5 Å². The van der Waals surface area contributed by atoms with E-state index < -0.39 is 17.5 Å². The lowest BCUT2D eigenvalue weighted by atomic mass is 10.1. The Hall–Kier alpha value is -1.82. The smallest absolute Gasteiger partial charge is 0.269 e. The Kier molecular flexibility index (Phi) is 4.28. The second-order valence-corrected chi connectivity index (χ2v) is 3.50. The number of hydrogen-bond acceptors (Lipinski definition) is 3. The summed E-state index contributed by atoms with van der Waals surface area (Å²) in [4.78, 5) is 9.81. The lowest BCUT2D eigenvalue weighted by Gasteiger charge is -2.07. The number of non-ortho nitro benzene ring substituents is 1. The molecule has 1 rings (SSSR count). The van der Waals surface area contributed by atoms with Gasteiger partial charge in [-0.05, 0) is 36.3 Å². The lowest BCUT2D eigenvalue weighted by Crippen LogP contribution is -1.99. The number of nitro groups is 1. The fourth-order valence-electron chi connectivity index (χ4n) is 1.21. The van der Waals surface area contributed by atoms with Crippen molar-refractivity contribution >= 4 is 5.69 Å². The zero-order chi connectivity index (χ0) is 13.0. The molecule has 0 spiro atoms. The van der Waals surface area contributed by atoms with E-state index in [9.17, 15) is 24.0 Å². The molecule has 0 aliphatic heterocycles. The van der Waals surface area contributed by atoms with Crippen LogP contribution in [-0.4, -0.2) is 16.5 Å². The van der Waals surface area contributed by atoms with Gasteiger partial charge in [0.2, 0.25) is 0 Å². The highest BCUT2D eigenvalue weighted by atomic mass is 19.3. The molecule has 0 saturated carbocycles. The summed E-state index contributed by atoms with van der Waals surface area (Å²) in [6.07, 6.45) is -2.79. The number of alkyl halides is 2. The van der Waals surface area contributed by atoms with E-state index in [1.807, 2.05) is 0 Å². The first-order valence-corrected chi connectivity index (χ1v) is 4.80. The van der Waals surface area contributed by atoms with E-state index in [1.54, 1.807) is 0 Å². The third kappa shape index (κ3) is 3.60. The second kappa shape index (κ2) is 5.49. The number of aliphatic hydroxyl groups is 1. The van der Waals surface area contributed by atoms with Gasteiger partial charge in [-0.1, -0.05) is 0 Å². The van der Waals surface area contributed by atoms with E-state index in [-0.39, 0.29) is 11.3 Å². The molecule has 92 valence electrons. The summed E-state index contributed by atoms with van der Waals surface area (Å²) in [5.41, 5.74) is -0.0260. The van der Waals surface area contributed by atoms with Gasteiger partial charge in [-0.2, -0.15) is 0 Å². The SMILES string of the molecule is C/C(=C\C(O)c1ccc([N+](=O)[O-])cc1)C(F)F. The number of halogens is 2. The van der Waals surface area contributed by atoms with Gasteiger partial charge in [-0.3, -0.25) is 10.1 Å². The maximum Gasteiger partial charge on any atom is 0.269 e. The molecule has 1 N–H and O–H groups in total. The van der Waals surface area contributed by atoms with E-state index in [4.69, 9.17) is 0 Å². The van der Waals surface area contributed by atoms with Gasteiger partial charge >= 0.3 is 0 Å². The summed E-state index contributed by atoms with van der Waals surface area (Å²) in [6.45, 7) is 1.21. The highest BCUT2D eigenvalue weighted by Crippen LogP contribution is 2.21. The van der Waals surface area contributed by atoms with Crippen LogP contribution in [0.1, 0.15) is 18.6 Å². The van der Waals surface area contributed by atoms with Crippen LogP contribution in [0.15, 0.2) is 35.9 Å². The quantitative estimate of drug-likeness (QED) is 0.502. The second-order valence-electron chi connectivity index (χ2n) is 3.50. The van der Waals surface area contributed by atoms with Gasteiger partial charge < -0.3 is 5.11 Å². The predicted molar refractivity (Wildman–Crippen MR) is 57.8 cm³/mol. The van der Waals surface area contributed by atoms with Gasteiger partial charge in [-0.25, -0.2) is 8.78 Å². The summed E-state index contributed by atoms with van der Waals surface area (Å²) in [5, 5.41) is 20.0. The van der Waals surface area contributed by atoms with Crippen LogP contribution in [0.3, 0.4) is 0 Å². The Balaban J connectivity index is 2.87. The average Bonchev–Trinajstić information content (AvgIpc) is 2.28. The summed E-state index contributed by atoms with van der Waals surface area (Å²) in [7, 11) is 0. The molecule has 1 aromatic carbocycles. The van der Waals surface area contributed by atoms with Gasteiger partial charge in [0.1, 0.15) is 0 Å². The van der Waals surface area contributed by atoms with Crippen molar-refractivity contribution in [3.63, 3.8) is 0 Å². The maximum atomic E-state index is 12.2. The van der Waals surface area contributed by atoms with Gasteiger partial charge in [0, 0.05) is 12.1 Å². The summed E-state index contributed by atoms with van der Waals surface area (Å²) < 4.78 is 24.4. The molecule has 0 aromatic heterocycles. The molecular weight excluding hydrogens is 232 g/mol. The number of aliphatic hydroxyl groups excluding tert-OH is 1. The first-order chi connectivity index (χ1) is 7.91. The number of nitro benzene ring substituents is 1. The molecule has 0 amide bonds. The topological polar surface area (TPSA) is 63.4 Å². The Morgan fingerprint density at radius 3 is 2.35 bits per heavy atom. The fourth-order valence-corrected chi connectivity index (χ4v) is 1.21. The van der Waals surface area contributed by atoms with E-state index in [2.05, 4.69) is 0 Å². The minimum atomic E-state index is -2.62.